The lowest BCUT2D eigenvalue weighted by Crippen LogP contribution is -2.43. The van der Waals surface area contributed by atoms with Crippen LogP contribution in [-0.4, -0.2) is 15.5 Å². The molecule has 0 bridgehead atoms. The molecule has 0 spiro atoms. The van der Waals surface area contributed by atoms with E-state index in [1.165, 1.54) is 6.42 Å². The average Bonchev–Trinajstić information content (AvgIpc) is 3.11. The fourth-order valence-corrected chi connectivity index (χ4v) is 3.74. The first-order valence-electron chi connectivity index (χ1n) is 8.28. The summed E-state index contributed by atoms with van der Waals surface area (Å²) in [5.41, 5.74) is -0.527. The van der Waals surface area contributed by atoms with Crippen LogP contribution in [0.2, 0.25) is 0 Å². The molecule has 1 aromatic rings. The minimum atomic E-state index is -0.335. The molecule has 3 atom stereocenters. The molecule has 1 saturated carbocycles. The highest BCUT2D eigenvalue weighted by Crippen LogP contribution is 2.49. The number of rotatable bonds is 1. The van der Waals surface area contributed by atoms with Gasteiger partial charge in [-0.15, -0.1) is 0 Å². The second-order valence-corrected chi connectivity index (χ2v) is 7.05. The number of hydrogen-bond acceptors (Lipinski definition) is 2. The van der Waals surface area contributed by atoms with Crippen molar-refractivity contribution >= 4 is 18.1 Å². The van der Waals surface area contributed by atoms with E-state index < -0.39 is 0 Å². The molecule has 4 rings (SSSR count). The molecule has 0 aromatic carbocycles. The van der Waals surface area contributed by atoms with Gasteiger partial charge in [-0.2, -0.15) is 0 Å². The second-order valence-electron chi connectivity index (χ2n) is 7.05. The Hall–Kier alpha value is -1.38. The van der Waals surface area contributed by atoms with Crippen LogP contribution in [0.25, 0.3) is 12.2 Å². The number of carbonyl (C=O) groups excluding carboxylic acids is 1. The molecule has 3 unspecified atom stereocenters. The van der Waals surface area contributed by atoms with Gasteiger partial charge in [-0.25, -0.2) is 4.98 Å². The third-order valence-electron chi connectivity index (χ3n) is 5.90. The highest BCUT2D eigenvalue weighted by Gasteiger charge is 2.56. The van der Waals surface area contributed by atoms with E-state index in [1.807, 2.05) is 18.4 Å². The molecule has 3 aliphatic rings. The predicted octanol–water partition coefficient (Wildman–Crippen LogP) is 2.47. The van der Waals surface area contributed by atoms with Gasteiger partial charge in [0.2, 0.25) is 5.91 Å². The molecule has 2 heterocycles. The summed E-state index contributed by atoms with van der Waals surface area (Å²) in [4.78, 5) is 17.7. The molecule has 0 radical (unpaired) electrons. The summed E-state index contributed by atoms with van der Waals surface area (Å²) in [5, 5.41) is 2.09. The van der Waals surface area contributed by atoms with Gasteiger partial charge >= 0.3 is 0 Å². The second kappa shape index (κ2) is 4.31. The topological polar surface area (TPSA) is 34.9 Å². The minimum absolute atomic E-state index is 0.192. The molecular weight excluding hydrogens is 260 g/mol. The maximum absolute atomic E-state index is 12.9. The summed E-state index contributed by atoms with van der Waals surface area (Å²) in [6.07, 6.45) is 6.62. The maximum atomic E-state index is 12.9. The van der Waals surface area contributed by atoms with Crippen LogP contribution < -0.4 is 10.7 Å². The Kier molecular flexibility index (Phi) is 2.99. The van der Waals surface area contributed by atoms with E-state index in [9.17, 15) is 4.79 Å². The molecule has 1 aliphatic heterocycles. The van der Waals surface area contributed by atoms with Crippen molar-refractivity contribution in [3.63, 3.8) is 0 Å². The number of fused-ring (bicyclic) bond motifs is 4. The van der Waals surface area contributed by atoms with Gasteiger partial charge in [0.1, 0.15) is 5.82 Å². The number of nitrogens with zero attached hydrogens (tertiary/aromatic N) is 2. The normalized spacial score (nSPS) is 33.7. The number of hydrogen-bond donors (Lipinski definition) is 0. The van der Waals surface area contributed by atoms with E-state index in [4.69, 9.17) is 4.98 Å². The number of imidazole rings is 1. The van der Waals surface area contributed by atoms with Crippen LogP contribution in [0.1, 0.15) is 65.0 Å². The monoisotopic (exact) mass is 286 g/mol. The largest absolute Gasteiger partial charge is 0.273 e. The summed E-state index contributed by atoms with van der Waals surface area (Å²) in [7, 11) is 0. The highest BCUT2D eigenvalue weighted by atomic mass is 16.2. The fourth-order valence-electron chi connectivity index (χ4n) is 3.74. The Morgan fingerprint density at radius 1 is 1.24 bits per heavy atom. The number of carbonyl (C=O) groups is 1. The number of aromatic nitrogens is 2. The zero-order valence-corrected chi connectivity index (χ0v) is 14.0. The molecular formula is C18H26N2O. The molecule has 3 heteroatoms. The van der Waals surface area contributed by atoms with Crippen molar-refractivity contribution < 1.29 is 4.79 Å². The lowest BCUT2D eigenvalue weighted by atomic mass is 9.66. The van der Waals surface area contributed by atoms with E-state index in [-0.39, 0.29) is 16.7 Å². The molecule has 0 amide bonds. The van der Waals surface area contributed by atoms with Crippen molar-refractivity contribution in [3.8, 4) is 0 Å². The molecule has 3 nitrogen and oxygen atoms in total. The summed E-state index contributed by atoms with van der Waals surface area (Å²) in [6, 6.07) is 0. The van der Waals surface area contributed by atoms with Crippen LogP contribution in [0, 0.1) is 17.3 Å². The Morgan fingerprint density at radius 3 is 2.48 bits per heavy atom. The quantitative estimate of drug-likeness (QED) is 0.795. The molecule has 0 N–H and O–H groups in total. The van der Waals surface area contributed by atoms with Crippen molar-refractivity contribution in [3.05, 3.63) is 16.5 Å². The molecule has 2 aliphatic carbocycles. The van der Waals surface area contributed by atoms with E-state index >= 15 is 0 Å². The van der Waals surface area contributed by atoms with Crippen LogP contribution >= 0.6 is 0 Å². The van der Waals surface area contributed by atoms with Gasteiger partial charge in [0, 0.05) is 5.41 Å². The van der Waals surface area contributed by atoms with Crippen molar-refractivity contribution in [2.24, 2.45) is 17.3 Å². The van der Waals surface area contributed by atoms with Crippen LogP contribution in [0.15, 0.2) is 0 Å². The van der Waals surface area contributed by atoms with Crippen LogP contribution in [0.3, 0.4) is 0 Å². The van der Waals surface area contributed by atoms with Crippen LogP contribution in [0.5, 0.6) is 0 Å². The van der Waals surface area contributed by atoms with E-state index in [0.29, 0.717) is 11.8 Å². The minimum Gasteiger partial charge on any atom is -0.273 e. The molecule has 1 fully saturated rings. The van der Waals surface area contributed by atoms with Gasteiger partial charge in [-0.1, -0.05) is 46.8 Å². The lowest BCUT2D eigenvalue weighted by Gasteiger charge is -2.33. The Labute approximate surface area is 126 Å². The first-order valence-corrected chi connectivity index (χ1v) is 8.28. The van der Waals surface area contributed by atoms with Crippen molar-refractivity contribution in [2.75, 3.05) is 0 Å². The van der Waals surface area contributed by atoms with E-state index in [2.05, 4.69) is 39.8 Å². The van der Waals surface area contributed by atoms with E-state index in [1.54, 1.807) is 0 Å². The van der Waals surface area contributed by atoms with Gasteiger partial charge in [0.15, 0.2) is 0 Å². The summed E-state index contributed by atoms with van der Waals surface area (Å²) >= 11 is 0. The Morgan fingerprint density at radius 2 is 1.86 bits per heavy atom. The van der Waals surface area contributed by atoms with Gasteiger partial charge in [0.05, 0.1) is 16.1 Å². The third kappa shape index (κ3) is 1.60. The van der Waals surface area contributed by atoms with Gasteiger partial charge < -0.3 is 0 Å². The smallest absolute Gasteiger partial charge is 0.239 e. The van der Waals surface area contributed by atoms with Crippen molar-refractivity contribution in [1.82, 2.24) is 9.55 Å². The highest BCUT2D eigenvalue weighted by molar-refractivity contribution is 5.90. The molecule has 114 valence electrons. The summed E-state index contributed by atoms with van der Waals surface area (Å²) in [6.45, 7) is 12.5. The van der Waals surface area contributed by atoms with Crippen LogP contribution in [0.4, 0.5) is 0 Å². The molecule has 1 aromatic heterocycles. The van der Waals surface area contributed by atoms with Gasteiger partial charge in [0.25, 0.3) is 0 Å². The first kappa shape index (κ1) is 14.6. The fraction of sp³-hybridized carbons (Fsp3) is 0.667. The maximum Gasteiger partial charge on any atom is 0.239 e. The van der Waals surface area contributed by atoms with E-state index in [0.717, 1.165) is 22.9 Å². The van der Waals surface area contributed by atoms with Crippen LogP contribution in [-0.2, 0) is 5.41 Å². The standard InChI is InChI=1S/C16H20N2O.C2H6/c1-5-16(4)14(19)18-12-8-10-6-9(10)7-11(12)17-13(18)15(16,2)3;1-2/h7-10H,5-6H2,1-4H3;1-2H3. The first-order chi connectivity index (χ1) is 9.90. The molecule has 21 heavy (non-hydrogen) atoms. The SMILES string of the molecule is CC.CCC1(C)C(=O)n2c(nc3c2=CC2CC2C=3)C1(C)C. The van der Waals surface area contributed by atoms with Crippen molar-refractivity contribution in [1.29, 1.82) is 0 Å². The zero-order chi connectivity index (χ0) is 15.6. The van der Waals surface area contributed by atoms with Crippen molar-refractivity contribution in [2.45, 2.75) is 59.8 Å². The zero-order valence-electron chi connectivity index (χ0n) is 14.0. The third-order valence-corrected chi connectivity index (χ3v) is 5.90. The Bertz CT molecular complexity index is 725. The summed E-state index contributed by atoms with van der Waals surface area (Å²) in [5.74, 6) is 2.52. The Balaban J connectivity index is 0.000000636. The predicted molar refractivity (Wildman–Crippen MR) is 85.4 cm³/mol. The molecule has 0 saturated heterocycles. The van der Waals surface area contributed by atoms with Gasteiger partial charge in [-0.3, -0.25) is 9.36 Å². The van der Waals surface area contributed by atoms with Gasteiger partial charge in [-0.05, 0) is 31.6 Å². The average molecular weight is 286 g/mol. The lowest BCUT2D eigenvalue weighted by molar-refractivity contribution is 0.0668. The summed E-state index contributed by atoms with van der Waals surface area (Å²) < 4.78 is 1.91.